The summed E-state index contributed by atoms with van der Waals surface area (Å²) >= 11 is 12.4. The fourth-order valence-corrected chi connectivity index (χ4v) is 6.79. The lowest BCUT2D eigenvalue weighted by atomic mass is 10.1. The van der Waals surface area contributed by atoms with Gasteiger partial charge in [0, 0.05) is 24.2 Å². The number of carbonyl (C=O) groups is 1. The van der Waals surface area contributed by atoms with E-state index in [1.807, 2.05) is 45.0 Å². The predicted octanol–water partition coefficient (Wildman–Crippen LogP) is 5.87. The molecule has 10 heteroatoms. The number of sulfone groups is 1. The number of nitrogens with zero attached hydrogens (tertiary/aromatic N) is 3. The molecular weight excluding hydrogens is 533 g/mol. The summed E-state index contributed by atoms with van der Waals surface area (Å²) in [7, 11) is -3.74. The first-order chi connectivity index (χ1) is 17.6. The molecule has 1 aromatic heterocycles. The lowest BCUT2D eigenvalue weighted by Crippen LogP contribution is -2.37. The standard InChI is InChI=1S/C27H31Cl2N3O4S/c1-18(2)32-22(14-30-27(32)37(34,35)17-20-8-5-4-7-19(20)3)15-31(16-23-9-6-12-36-23)26(33)24-11-10-21(28)13-25(24)29/h4-5,7-8,10-11,13-14,18,23H,6,9,12,15-17H2,1-3H3. The first kappa shape index (κ1) is 27.6. The highest BCUT2D eigenvalue weighted by atomic mass is 35.5. The van der Waals surface area contributed by atoms with Crippen molar-refractivity contribution in [2.75, 3.05) is 13.2 Å². The van der Waals surface area contributed by atoms with E-state index in [1.54, 1.807) is 27.8 Å². The van der Waals surface area contributed by atoms with Crippen LogP contribution in [0.1, 0.15) is 59.9 Å². The van der Waals surface area contributed by atoms with Gasteiger partial charge in [0.1, 0.15) is 0 Å². The van der Waals surface area contributed by atoms with Crippen molar-refractivity contribution in [2.45, 2.75) is 63.2 Å². The highest BCUT2D eigenvalue weighted by Gasteiger charge is 2.30. The molecule has 1 aliphatic heterocycles. The first-order valence-corrected chi connectivity index (χ1v) is 14.7. The van der Waals surface area contributed by atoms with Gasteiger partial charge in [-0.2, -0.15) is 0 Å². The van der Waals surface area contributed by atoms with E-state index < -0.39 is 9.84 Å². The van der Waals surface area contributed by atoms with Crippen LogP contribution in [0.15, 0.2) is 53.8 Å². The van der Waals surface area contributed by atoms with Crippen molar-refractivity contribution in [1.29, 1.82) is 0 Å². The number of aryl methyl sites for hydroxylation is 1. The lowest BCUT2D eigenvalue weighted by molar-refractivity contribution is 0.0501. The summed E-state index contributed by atoms with van der Waals surface area (Å²) < 4.78 is 34.5. The Morgan fingerprint density at radius 1 is 1.22 bits per heavy atom. The number of ether oxygens (including phenoxy) is 1. The maximum atomic E-state index is 13.6. The number of imidazole rings is 1. The Hall–Kier alpha value is -2.39. The number of carbonyl (C=O) groups excluding carboxylic acids is 1. The number of hydrogen-bond acceptors (Lipinski definition) is 5. The SMILES string of the molecule is Cc1ccccc1CS(=O)(=O)c1ncc(CN(CC2CCCO2)C(=O)c2ccc(Cl)cc2Cl)n1C(C)C. The van der Waals surface area contributed by atoms with E-state index in [0.29, 0.717) is 29.4 Å². The van der Waals surface area contributed by atoms with E-state index in [1.165, 1.54) is 6.07 Å². The Morgan fingerprint density at radius 3 is 2.62 bits per heavy atom. The van der Waals surface area contributed by atoms with Crippen LogP contribution in [0.5, 0.6) is 0 Å². The zero-order valence-corrected chi connectivity index (χ0v) is 23.5. The largest absolute Gasteiger partial charge is 0.376 e. The molecule has 0 radical (unpaired) electrons. The van der Waals surface area contributed by atoms with Gasteiger partial charge in [0.05, 0.1) is 40.9 Å². The van der Waals surface area contributed by atoms with Crippen molar-refractivity contribution in [2.24, 2.45) is 0 Å². The molecule has 0 spiro atoms. The van der Waals surface area contributed by atoms with Crippen molar-refractivity contribution < 1.29 is 17.9 Å². The third-order valence-corrected chi connectivity index (χ3v) is 8.59. The number of hydrogen-bond donors (Lipinski definition) is 0. The molecule has 0 aliphatic carbocycles. The minimum Gasteiger partial charge on any atom is -0.376 e. The highest BCUT2D eigenvalue weighted by Crippen LogP contribution is 2.27. The van der Waals surface area contributed by atoms with E-state index in [0.717, 1.165) is 24.0 Å². The smallest absolute Gasteiger partial charge is 0.255 e. The molecule has 0 bridgehead atoms. The van der Waals surface area contributed by atoms with Gasteiger partial charge in [0.2, 0.25) is 15.0 Å². The van der Waals surface area contributed by atoms with Crippen LogP contribution in [0.3, 0.4) is 0 Å². The summed E-state index contributed by atoms with van der Waals surface area (Å²) in [5, 5.41) is 0.692. The second-order valence-corrected chi connectivity index (χ2v) is 12.4. The third kappa shape index (κ3) is 6.37. The predicted molar refractivity (Wildman–Crippen MR) is 145 cm³/mol. The Kier molecular flexibility index (Phi) is 8.63. The van der Waals surface area contributed by atoms with Crippen molar-refractivity contribution in [3.8, 4) is 0 Å². The van der Waals surface area contributed by atoms with Crippen molar-refractivity contribution in [1.82, 2.24) is 14.5 Å². The molecule has 37 heavy (non-hydrogen) atoms. The van der Waals surface area contributed by atoms with Crippen molar-refractivity contribution >= 4 is 38.9 Å². The topological polar surface area (TPSA) is 81.5 Å². The molecule has 198 valence electrons. The van der Waals surface area contributed by atoms with Gasteiger partial charge < -0.3 is 14.2 Å². The zero-order valence-electron chi connectivity index (χ0n) is 21.2. The van der Waals surface area contributed by atoms with E-state index in [4.69, 9.17) is 27.9 Å². The van der Waals surface area contributed by atoms with Crippen LogP contribution in [-0.2, 0) is 26.9 Å². The van der Waals surface area contributed by atoms with Crippen LogP contribution < -0.4 is 0 Å². The van der Waals surface area contributed by atoms with Gasteiger partial charge in [-0.05, 0) is 62.9 Å². The Balaban J connectivity index is 1.68. The molecule has 1 aliphatic rings. The molecule has 0 N–H and O–H groups in total. The molecule has 1 atom stereocenters. The quantitative estimate of drug-likeness (QED) is 0.325. The molecule has 1 unspecified atom stereocenters. The Bertz CT molecular complexity index is 1380. The van der Waals surface area contributed by atoms with Crippen LogP contribution in [0.25, 0.3) is 0 Å². The van der Waals surface area contributed by atoms with Gasteiger partial charge in [-0.1, -0.05) is 47.5 Å². The molecular formula is C27H31Cl2N3O4S. The van der Waals surface area contributed by atoms with Gasteiger partial charge in [-0.25, -0.2) is 13.4 Å². The van der Waals surface area contributed by atoms with E-state index in [9.17, 15) is 13.2 Å². The Labute approximate surface area is 228 Å². The average molecular weight is 565 g/mol. The fourth-order valence-electron chi connectivity index (χ4n) is 4.60. The number of rotatable bonds is 9. The van der Waals surface area contributed by atoms with Gasteiger partial charge in [0.25, 0.3) is 5.91 Å². The molecule has 1 saturated heterocycles. The van der Waals surface area contributed by atoms with Gasteiger partial charge in [0.15, 0.2) is 0 Å². The Morgan fingerprint density at radius 2 is 1.97 bits per heavy atom. The second kappa shape index (κ2) is 11.6. The minimum absolute atomic E-state index is 0.00482. The van der Waals surface area contributed by atoms with E-state index in [-0.39, 0.29) is 40.5 Å². The van der Waals surface area contributed by atoms with Gasteiger partial charge >= 0.3 is 0 Å². The van der Waals surface area contributed by atoms with Crippen LogP contribution in [0.4, 0.5) is 0 Å². The lowest BCUT2D eigenvalue weighted by Gasteiger charge is -2.27. The van der Waals surface area contributed by atoms with Crippen LogP contribution in [-0.4, -0.2) is 48.0 Å². The summed E-state index contributed by atoms with van der Waals surface area (Å²) in [6.07, 6.45) is 3.22. The maximum Gasteiger partial charge on any atom is 0.255 e. The van der Waals surface area contributed by atoms with Crippen molar-refractivity contribution in [3.63, 3.8) is 0 Å². The van der Waals surface area contributed by atoms with E-state index >= 15 is 0 Å². The number of aromatic nitrogens is 2. The fraction of sp³-hybridized carbons (Fsp3) is 0.407. The second-order valence-electron chi connectivity index (χ2n) is 9.63. The summed E-state index contributed by atoms with van der Waals surface area (Å²) in [4.78, 5) is 19.6. The summed E-state index contributed by atoms with van der Waals surface area (Å²) in [5.74, 6) is -0.431. The number of halogens is 2. The van der Waals surface area contributed by atoms with E-state index in [2.05, 4.69) is 4.98 Å². The van der Waals surface area contributed by atoms with Crippen LogP contribution in [0.2, 0.25) is 10.0 Å². The molecule has 3 aromatic rings. The monoisotopic (exact) mass is 563 g/mol. The summed E-state index contributed by atoms with van der Waals surface area (Å²) in [6, 6.07) is 12.0. The third-order valence-electron chi connectivity index (χ3n) is 6.49. The highest BCUT2D eigenvalue weighted by molar-refractivity contribution is 7.90. The number of benzene rings is 2. The maximum absolute atomic E-state index is 13.6. The summed E-state index contributed by atoms with van der Waals surface area (Å²) in [5.41, 5.74) is 2.58. The van der Waals surface area contributed by atoms with Crippen molar-refractivity contribution in [3.05, 3.63) is 81.1 Å². The molecule has 0 saturated carbocycles. The van der Waals surface area contributed by atoms with Crippen LogP contribution in [0, 0.1) is 6.92 Å². The molecule has 2 aromatic carbocycles. The molecule has 7 nitrogen and oxygen atoms in total. The molecule has 1 amide bonds. The summed E-state index contributed by atoms with van der Waals surface area (Å²) in [6.45, 7) is 6.86. The van der Waals surface area contributed by atoms with Gasteiger partial charge in [-0.3, -0.25) is 4.79 Å². The van der Waals surface area contributed by atoms with Gasteiger partial charge in [-0.15, -0.1) is 0 Å². The molecule has 1 fully saturated rings. The molecule has 2 heterocycles. The van der Waals surface area contributed by atoms with Crippen LogP contribution >= 0.6 is 23.2 Å². The zero-order chi connectivity index (χ0) is 26.7. The minimum atomic E-state index is -3.74. The molecule has 4 rings (SSSR count). The normalized spacial score (nSPS) is 15.9. The number of amides is 1. The first-order valence-electron chi connectivity index (χ1n) is 12.3. The average Bonchev–Trinajstić information content (AvgIpc) is 3.50.